The molecule has 26 heteroatoms. The van der Waals surface area contributed by atoms with Crippen LogP contribution in [0.25, 0.3) is 12.2 Å². The van der Waals surface area contributed by atoms with Crippen molar-refractivity contribution in [2.45, 2.75) is 16.7 Å². The average molecular weight is 887 g/mol. The van der Waals surface area contributed by atoms with Crippen LogP contribution < -0.4 is 22.3 Å². The molecule has 6 rings (SSSR count). The number of Topliss-reactive ketones (excluding diaryl/α,β-unsaturated/α-hetero) is 2. The van der Waals surface area contributed by atoms with Gasteiger partial charge in [-0.2, -0.15) is 54.1 Å². The molecule has 0 bridgehead atoms. The summed E-state index contributed by atoms with van der Waals surface area (Å²) in [5.74, 6) is -2.15. The predicted octanol–water partition coefficient (Wildman–Crippen LogP) is 3.85. The van der Waals surface area contributed by atoms with Gasteiger partial charge in [0.15, 0.2) is 11.4 Å². The Morgan fingerprint density at radius 3 is 1.39 bits per heavy atom. The lowest BCUT2D eigenvalue weighted by atomic mass is 9.93. The Hall–Kier alpha value is -6.52. The van der Waals surface area contributed by atoms with E-state index in [1.54, 1.807) is 13.0 Å². The molecule has 0 saturated heterocycles. The van der Waals surface area contributed by atoms with Crippen LogP contribution in [-0.2, 0) is 40.5 Å². The van der Waals surface area contributed by atoms with Gasteiger partial charge in [0.1, 0.15) is 9.81 Å². The number of anilines is 4. The van der Waals surface area contributed by atoms with Crippen LogP contribution >= 0.6 is 0 Å². The molecule has 0 spiro atoms. The Morgan fingerprint density at radius 2 is 0.966 bits per heavy atom. The fraction of sp³-hybridized carbons (Fsp3) is 0.0303. The minimum Gasteiger partial charge on any atom is -0.398 e. The van der Waals surface area contributed by atoms with Gasteiger partial charge in [0.2, 0.25) is 11.6 Å². The zero-order valence-electron chi connectivity index (χ0n) is 29.5. The second-order valence-electron chi connectivity index (χ2n) is 12.4. The molecule has 0 heterocycles. The van der Waals surface area contributed by atoms with E-state index in [0.717, 1.165) is 36.4 Å². The highest BCUT2D eigenvalue weighted by Gasteiger charge is 2.36. The summed E-state index contributed by atoms with van der Waals surface area (Å²) in [7, 11) is -19.8. The van der Waals surface area contributed by atoms with Gasteiger partial charge in [-0.3, -0.25) is 38.7 Å². The molecule has 0 radical (unpaired) electrons. The minimum atomic E-state index is -5.10. The first-order valence-corrected chi connectivity index (χ1v) is 21.7. The largest absolute Gasteiger partial charge is 0.398 e. The van der Waals surface area contributed by atoms with Crippen molar-refractivity contribution in [1.29, 1.82) is 0 Å². The van der Waals surface area contributed by atoms with E-state index in [1.165, 1.54) is 36.4 Å². The SMILES string of the molecule is Cc1cc(N=Nc2ccc(NN=C3C(=O)c4c(N)cc(S(=O)(=O)O)cc4C=C3S(=O)(=O)O)cc2)ccc1NN=C1C(=O)c2c(N)cc(S(=O)(=O)O)cc2C=C1S(=O)(=O)O. The second-order valence-corrected chi connectivity index (χ2v) is 18.0. The van der Waals surface area contributed by atoms with Gasteiger partial charge in [0.25, 0.3) is 40.5 Å². The van der Waals surface area contributed by atoms with Crippen molar-refractivity contribution in [1.82, 2.24) is 0 Å². The van der Waals surface area contributed by atoms with Gasteiger partial charge in [-0.15, -0.1) is 0 Å². The molecule has 22 nitrogen and oxygen atoms in total. The standard InChI is InChI=1S/C33H26N8O14S4/c1-15-8-20(6-7-25(15)39-41-31-27(59(53,54)55)12-17-10-22(57(47,48)49)14-24(35)29(17)33(31)43)38-36-18-2-4-19(5-3-18)37-40-30-26(58(50,51)52)11-16-9-21(56(44,45)46)13-23(34)28(16)32(30)42/h2-14,37,39H,34-35H2,1H3,(H,44,45,46)(H,47,48,49)(H,50,51,52)(H,53,54,55). The summed E-state index contributed by atoms with van der Waals surface area (Å²) in [5, 5.41) is 16.0. The molecule has 0 aromatic heterocycles. The molecule has 0 unspecified atom stereocenters. The minimum absolute atomic E-state index is 0.213. The second kappa shape index (κ2) is 15.0. The maximum absolute atomic E-state index is 13.3. The summed E-state index contributed by atoms with van der Waals surface area (Å²) in [4.78, 5) is 23.2. The number of nitrogens with two attached hydrogens (primary N) is 2. The van der Waals surface area contributed by atoms with Gasteiger partial charge in [-0.25, -0.2) is 0 Å². The molecule has 10 N–H and O–H groups in total. The van der Waals surface area contributed by atoms with Crippen molar-refractivity contribution in [2.24, 2.45) is 20.4 Å². The van der Waals surface area contributed by atoms with Crippen LogP contribution in [0, 0.1) is 6.92 Å². The molecular weight excluding hydrogens is 861 g/mol. The molecule has 0 atom stereocenters. The van der Waals surface area contributed by atoms with E-state index in [1.807, 2.05) is 0 Å². The normalized spacial score (nSPS) is 16.2. The van der Waals surface area contributed by atoms with E-state index in [0.29, 0.717) is 16.9 Å². The number of carbonyl (C=O) groups excluding carboxylic acids is 2. The van der Waals surface area contributed by atoms with Crippen molar-refractivity contribution < 1.29 is 61.5 Å². The van der Waals surface area contributed by atoms with E-state index in [2.05, 4.69) is 31.3 Å². The third kappa shape index (κ3) is 8.83. The van der Waals surface area contributed by atoms with E-state index in [-0.39, 0.29) is 33.6 Å². The quantitative estimate of drug-likeness (QED) is 0.0485. The lowest BCUT2D eigenvalue weighted by Crippen LogP contribution is -2.28. The molecule has 4 aromatic rings. The number of nitrogen functional groups attached to an aromatic ring is 2. The highest BCUT2D eigenvalue weighted by Crippen LogP contribution is 2.34. The van der Waals surface area contributed by atoms with Crippen LogP contribution in [0.3, 0.4) is 0 Å². The monoisotopic (exact) mass is 886 g/mol. The van der Waals surface area contributed by atoms with Gasteiger partial charge < -0.3 is 11.5 Å². The number of nitrogens with zero attached hydrogens (tertiary/aromatic N) is 4. The number of allylic oxidation sites excluding steroid dienone is 2. The third-order valence-corrected chi connectivity index (χ3v) is 11.8. The van der Waals surface area contributed by atoms with E-state index < -0.39 is 94.4 Å². The molecule has 59 heavy (non-hydrogen) atoms. The topological polar surface area (TPSA) is 377 Å². The molecule has 2 aliphatic carbocycles. The number of ketones is 2. The van der Waals surface area contributed by atoms with Crippen LogP contribution in [-0.4, -0.2) is 74.9 Å². The maximum atomic E-state index is 13.3. The van der Waals surface area contributed by atoms with Crippen molar-refractivity contribution in [3.8, 4) is 0 Å². The Morgan fingerprint density at radius 1 is 0.542 bits per heavy atom. The summed E-state index contributed by atoms with van der Waals surface area (Å²) in [5.41, 5.74) is 14.7. The van der Waals surface area contributed by atoms with Crippen LogP contribution in [0.2, 0.25) is 0 Å². The molecule has 0 saturated carbocycles. The van der Waals surface area contributed by atoms with Gasteiger partial charge in [0, 0.05) is 11.4 Å². The maximum Gasteiger partial charge on any atom is 0.296 e. The first kappa shape index (κ1) is 42.1. The fourth-order valence-corrected chi connectivity index (χ4v) is 8.06. The summed E-state index contributed by atoms with van der Waals surface area (Å²) in [6.45, 7) is 1.61. The third-order valence-electron chi connectivity index (χ3n) is 8.36. The lowest BCUT2D eigenvalue weighted by Gasteiger charge is -2.18. The number of fused-ring (bicyclic) bond motifs is 2. The number of aryl methyl sites for hydroxylation is 1. The summed E-state index contributed by atoms with van der Waals surface area (Å²) in [6.07, 6.45) is 1.56. The molecular formula is C33H26N8O14S4. The van der Waals surface area contributed by atoms with Crippen LogP contribution in [0.4, 0.5) is 34.1 Å². The average Bonchev–Trinajstić information content (AvgIpc) is 3.12. The van der Waals surface area contributed by atoms with Crippen LogP contribution in [0.15, 0.2) is 107 Å². The Balaban J connectivity index is 1.19. The highest BCUT2D eigenvalue weighted by atomic mass is 32.2. The van der Waals surface area contributed by atoms with E-state index in [9.17, 15) is 61.5 Å². The first-order chi connectivity index (χ1) is 27.3. The number of benzene rings is 4. The zero-order valence-corrected chi connectivity index (χ0v) is 32.7. The lowest BCUT2D eigenvalue weighted by molar-refractivity contribution is 0.105. The predicted molar refractivity (Wildman–Crippen MR) is 213 cm³/mol. The smallest absolute Gasteiger partial charge is 0.296 e. The zero-order chi connectivity index (χ0) is 43.4. The summed E-state index contributed by atoms with van der Waals surface area (Å²) in [6, 6.07) is 13.5. The first-order valence-electron chi connectivity index (χ1n) is 15.9. The van der Waals surface area contributed by atoms with E-state index in [4.69, 9.17) is 11.5 Å². The van der Waals surface area contributed by atoms with Crippen molar-refractivity contribution in [3.63, 3.8) is 0 Å². The van der Waals surface area contributed by atoms with Crippen molar-refractivity contribution in [2.75, 3.05) is 22.3 Å². The van der Waals surface area contributed by atoms with Gasteiger partial charge in [0.05, 0.1) is 43.7 Å². The van der Waals surface area contributed by atoms with Gasteiger partial charge in [-0.05, 0) is 102 Å². The summed E-state index contributed by atoms with van der Waals surface area (Å²) >= 11 is 0. The summed E-state index contributed by atoms with van der Waals surface area (Å²) < 4.78 is 134. The number of hydrogen-bond acceptors (Lipinski definition) is 18. The molecule has 306 valence electrons. The van der Waals surface area contributed by atoms with Crippen molar-refractivity contribution >= 4 is 110 Å². The van der Waals surface area contributed by atoms with Crippen LogP contribution in [0.5, 0.6) is 0 Å². The number of azo groups is 1. The molecule has 0 fully saturated rings. The van der Waals surface area contributed by atoms with Crippen molar-refractivity contribution in [3.05, 3.63) is 104 Å². The van der Waals surface area contributed by atoms with E-state index >= 15 is 0 Å². The Bertz CT molecular complexity index is 3160. The number of nitrogens with one attached hydrogen (secondary N) is 2. The number of hydrogen-bond donors (Lipinski definition) is 8. The number of rotatable bonds is 10. The Kier molecular flexibility index (Phi) is 10.7. The molecule has 4 aromatic carbocycles. The van der Waals surface area contributed by atoms with Gasteiger partial charge >= 0.3 is 0 Å². The molecule has 0 amide bonds. The number of carbonyl (C=O) groups is 2. The van der Waals surface area contributed by atoms with Crippen LogP contribution in [0.1, 0.15) is 37.4 Å². The molecule has 0 aliphatic heterocycles. The molecule has 2 aliphatic rings. The van der Waals surface area contributed by atoms with Gasteiger partial charge in [-0.1, -0.05) is 0 Å². The highest BCUT2D eigenvalue weighted by molar-refractivity contribution is 7.91. The Labute approximate surface area is 333 Å². The number of hydrazone groups is 2. The fourth-order valence-electron chi connectivity index (χ4n) is 5.64.